The van der Waals surface area contributed by atoms with Crippen LogP contribution in [0.1, 0.15) is 31.2 Å². The van der Waals surface area contributed by atoms with Gasteiger partial charge in [-0.25, -0.2) is 4.79 Å². The van der Waals surface area contributed by atoms with Crippen LogP contribution in [0.5, 0.6) is 0 Å². The molecule has 1 aromatic rings. The first kappa shape index (κ1) is 10.8. The second-order valence-electron chi connectivity index (χ2n) is 3.39. The number of rotatable bonds is 6. The molecule has 0 fully saturated rings. The summed E-state index contributed by atoms with van der Waals surface area (Å²) in [4.78, 5) is 9.77. The van der Waals surface area contributed by atoms with Gasteiger partial charge in [-0.3, -0.25) is 0 Å². The van der Waals surface area contributed by atoms with Crippen LogP contribution in [0.2, 0.25) is 0 Å². The first-order chi connectivity index (χ1) is 6.84. The molecule has 1 unspecified atom stereocenters. The molecule has 14 heavy (non-hydrogen) atoms. The Morgan fingerprint density at radius 1 is 1.36 bits per heavy atom. The number of benzene rings is 1. The first-order valence-corrected chi connectivity index (χ1v) is 4.88. The van der Waals surface area contributed by atoms with E-state index < -0.39 is 0 Å². The molecule has 0 spiro atoms. The fourth-order valence-electron chi connectivity index (χ4n) is 1.45. The topological polar surface area (TPSA) is 26.3 Å². The summed E-state index contributed by atoms with van der Waals surface area (Å²) in [7, 11) is 0. The summed E-state index contributed by atoms with van der Waals surface area (Å²) in [6, 6.07) is 10.3. The molecule has 1 rings (SSSR count). The minimum Gasteiger partial charge on any atom is -0.457 e. The molecule has 0 N–H and O–H groups in total. The van der Waals surface area contributed by atoms with Crippen molar-refractivity contribution in [1.29, 1.82) is 0 Å². The van der Waals surface area contributed by atoms with Crippen molar-refractivity contribution in [3.05, 3.63) is 35.9 Å². The second kappa shape index (κ2) is 6.19. The van der Waals surface area contributed by atoms with Crippen molar-refractivity contribution < 1.29 is 9.53 Å². The van der Waals surface area contributed by atoms with Crippen LogP contribution in [0.25, 0.3) is 0 Å². The summed E-state index contributed by atoms with van der Waals surface area (Å²) in [5, 5.41) is 0. The van der Waals surface area contributed by atoms with Crippen LogP contribution in [0.3, 0.4) is 0 Å². The van der Waals surface area contributed by atoms with Gasteiger partial charge in [-0.1, -0.05) is 37.3 Å². The molecule has 1 radical (unpaired) electrons. The summed E-state index contributed by atoms with van der Waals surface area (Å²) >= 11 is 0. The van der Waals surface area contributed by atoms with E-state index in [2.05, 4.69) is 23.8 Å². The molecule has 0 amide bonds. The van der Waals surface area contributed by atoms with Crippen molar-refractivity contribution in [2.75, 3.05) is 6.61 Å². The highest BCUT2D eigenvalue weighted by Crippen LogP contribution is 2.19. The van der Waals surface area contributed by atoms with E-state index in [0.717, 1.165) is 12.8 Å². The van der Waals surface area contributed by atoms with Crippen molar-refractivity contribution in [2.24, 2.45) is 0 Å². The summed E-state index contributed by atoms with van der Waals surface area (Å²) in [6.07, 6.45) is 1.93. The SMILES string of the molecule is CC(CCCO[C]=O)c1ccccc1. The number of hydrogen-bond acceptors (Lipinski definition) is 2. The van der Waals surface area contributed by atoms with Gasteiger partial charge in [-0.15, -0.1) is 0 Å². The highest BCUT2D eigenvalue weighted by Gasteiger charge is 2.03. The van der Waals surface area contributed by atoms with Crippen molar-refractivity contribution in [1.82, 2.24) is 0 Å². The third-order valence-corrected chi connectivity index (χ3v) is 2.31. The molecule has 0 bridgehead atoms. The Labute approximate surface area is 84.9 Å². The Bertz CT molecular complexity index is 256. The van der Waals surface area contributed by atoms with Crippen LogP contribution in [-0.4, -0.2) is 13.1 Å². The van der Waals surface area contributed by atoms with Crippen molar-refractivity contribution in [2.45, 2.75) is 25.7 Å². The zero-order valence-electron chi connectivity index (χ0n) is 8.40. The van der Waals surface area contributed by atoms with Gasteiger partial charge in [0, 0.05) is 0 Å². The van der Waals surface area contributed by atoms with Gasteiger partial charge in [0.2, 0.25) is 0 Å². The van der Waals surface area contributed by atoms with Crippen molar-refractivity contribution in [3.63, 3.8) is 0 Å². The molecule has 0 aromatic heterocycles. The van der Waals surface area contributed by atoms with E-state index in [-0.39, 0.29) is 0 Å². The lowest BCUT2D eigenvalue weighted by atomic mass is 9.97. The van der Waals surface area contributed by atoms with E-state index in [4.69, 9.17) is 0 Å². The maximum Gasteiger partial charge on any atom is 0.417 e. The summed E-state index contributed by atoms with van der Waals surface area (Å²) < 4.78 is 4.51. The van der Waals surface area contributed by atoms with Crippen LogP contribution < -0.4 is 0 Å². The molecule has 0 saturated heterocycles. The summed E-state index contributed by atoms with van der Waals surface area (Å²) in [5.41, 5.74) is 1.34. The third kappa shape index (κ3) is 3.60. The Kier molecular flexibility index (Phi) is 4.76. The van der Waals surface area contributed by atoms with Gasteiger partial charge in [-0.05, 0) is 24.3 Å². The average molecular weight is 191 g/mol. The molecule has 1 atom stereocenters. The van der Waals surface area contributed by atoms with Gasteiger partial charge in [0.05, 0.1) is 6.61 Å². The van der Waals surface area contributed by atoms with Crippen molar-refractivity contribution >= 4 is 6.47 Å². The molecule has 75 valence electrons. The molecular formula is C12H15O2. The highest BCUT2D eigenvalue weighted by atomic mass is 16.5. The van der Waals surface area contributed by atoms with E-state index in [1.165, 1.54) is 12.0 Å². The molecule has 0 saturated carbocycles. The van der Waals surface area contributed by atoms with E-state index in [1.54, 1.807) is 0 Å². The second-order valence-corrected chi connectivity index (χ2v) is 3.39. The van der Waals surface area contributed by atoms with Crippen LogP contribution in [-0.2, 0) is 9.53 Å². The lowest BCUT2D eigenvalue weighted by Gasteiger charge is -2.10. The standard InChI is InChI=1S/C12H15O2/c1-11(6-5-9-14-10-13)12-7-3-2-4-8-12/h2-4,7-8,11H,5-6,9H2,1H3. The minimum atomic E-state index is 0.473. The lowest BCUT2D eigenvalue weighted by Crippen LogP contribution is -1.97. The molecule has 2 heteroatoms. The zero-order valence-corrected chi connectivity index (χ0v) is 8.40. The first-order valence-electron chi connectivity index (χ1n) is 4.88. The third-order valence-electron chi connectivity index (χ3n) is 2.31. The van der Waals surface area contributed by atoms with Crippen LogP contribution in [0.4, 0.5) is 0 Å². The zero-order chi connectivity index (χ0) is 10.2. The summed E-state index contributed by atoms with van der Waals surface area (Å²) in [6.45, 7) is 4.08. The fraction of sp³-hybridized carbons (Fsp3) is 0.417. The summed E-state index contributed by atoms with van der Waals surface area (Å²) in [5.74, 6) is 0.520. The number of carbonyl (C=O) groups excluding carboxylic acids is 1. The Morgan fingerprint density at radius 2 is 2.07 bits per heavy atom. The molecule has 2 nitrogen and oxygen atoms in total. The predicted octanol–water partition coefficient (Wildman–Crippen LogP) is 2.65. The van der Waals surface area contributed by atoms with E-state index in [1.807, 2.05) is 18.2 Å². The van der Waals surface area contributed by atoms with E-state index in [0.29, 0.717) is 12.5 Å². The largest absolute Gasteiger partial charge is 0.457 e. The smallest absolute Gasteiger partial charge is 0.417 e. The maximum atomic E-state index is 9.77. The minimum absolute atomic E-state index is 0.473. The molecule has 0 aliphatic heterocycles. The molecule has 1 aromatic carbocycles. The predicted molar refractivity (Wildman–Crippen MR) is 55.7 cm³/mol. The van der Waals surface area contributed by atoms with E-state index in [9.17, 15) is 4.79 Å². The molecule has 0 aliphatic rings. The van der Waals surface area contributed by atoms with Crippen molar-refractivity contribution in [3.8, 4) is 0 Å². The molecule has 0 heterocycles. The molecule has 0 aliphatic carbocycles. The average Bonchev–Trinajstić information content (AvgIpc) is 2.25. The fourth-order valence-corrected chi connectivity index (χ4v) is 1.45. The normalized spacial score (nSPS) is 12.1. The highest BCUT2D eigenvalue weighted by molar-refractivity contribution is 5.38. The Morgan fingerprint density at radius 3 is 2.71 bits per heavy atom. The maximum absolute atomic E-state index is 9.77. The van der Waals surface area contributed by atoms with Gasteiger partial charge in [0.1, 0.15) is 0 Å². The van der Waals surface area contributed by atoms with Gasteiger partial charge in [0.15, 0.2) is 0 Å². The number of ether oxygens (including phenoxy) is 1. The molecular weight excluding hydrogens is 176 g/mol. The van der Waals surface area contributed by atoms with Gasteiger partial charge in [0.25, 0.3) is 0 Å². The van der Waals surface area contributed by atoms with Gasteiger partial charge in [-0.2, -0.15) is 0 Å². The Balaban J connectivity index is 2.28. The van der Waals surface area contributed by atoms with Crippen LogP contribution >= 0.6 is 0 Å². The quantitative estimate of drug-likeness (QED) is 0.646. The van der Waals surface area contributed by atoms with Gasteiger partial charge < -0.3 is 4.74 Å². The van der Waals surface area contributed by atoms with Crippen LogP contribution in [0, 0.1) is 0 Å². The number of hydrogen-bond donors (Lipinski definition) is 0. The monoisotopic (exact) mass is 191 g/mol. The van der Waals surface area contributed by atoms with E-state index >= 15 is 0 Å². The Hall–Kier alpha value is -1.31. The lowest BCUT2D eigenvalue weighted by molar-refractivity contribution is 0.267. The van der Waals surface area contributed by atoms with Crippen LogP contribution in [0.15, 0.2) is 30.3 Å². The van der Waals surface area contributed by atoms with Gasteiger partial charge >= 0.3 is 6.47 Å².